The number of nitriles is 1. The summed E-state index contributed by atoms with van der Waals surface area (Å²) in [5, 5.41) is 10.3. The molecule has 1 saturated heterocycles. The fourth-order valence-corrected chi connectivity index (χ4v) is 3.86. The van der Waals surface area contributed by atoms with E-state index in [1.165, 1.54) is 55.4 Å². The predicted octanol–water partition coefficient (Wildman–Crippen LogP) is 4.53. The van der Waals surface area contributed by atoms with Crippen molar-refractivity contribution in [2.45, 2.75) is 25.7 Å². The monoisotopic (exact) mass is 329 g/mol. The minimum absolute atomic E-state index is 0.700. The second-order valence-corrected chi connectivity index (χ2v) is 6.85. The fraction of sp³-hybridized carbons (Fsp3) is 0.318. The topological polar surface area (TPSA) is 32.0 Å². The summed E-state index contributed by atoms with van der Waals surface area (Å²) in [6.45, 7) is 3.75. The predicted molar refractivity (Wildman–Crippen MR) is 102 cm³/mol. The Balaban J connectivity index is 1.60. The summed E-state index contributed by atoms with van der Waals surface area (Å²) in [4.78, 5) is 2.58. The van der Waals surface area contributed by atoms with Crippen LogP contribution in [0.15, 0.2) is 54.7 Å². The van der Waals surface area contributed by atoms with E-state index in [0.717, 1.165) is 12.1 Å². The van der Waals surface area contributed by atoms with Gasteiger partial charge in [0.1, 0.15) is 0 Å². The highest BCUT2D eigenvalue weighted by Gasteiger charge is 2.13. The van der Waals surface area contributed by atoms with Crippen LogP contribution in [0.3, 0.4) is 0 Å². The molecule has 0 unspecified atom stereocenters. The number of benzene rings is 2. The normalized spacial score (nSPS) is 14.8. The van der Waals surface area contributed by atoms with E-state index in [2.05, 4.69) is 46.0 Å². The first-order valence-corrected chi connectivity index (χ1v) is 9.17. The highest BCUT2D eigenvalue weighted by Crippen LogP contribution is 2.26. The van der Waals surface area contributed by atoms with Gasteiger partial charge in [0.05, 0.1) is 17.1 Å². The second-order valence-electron chi connectivity index (χ2n) is 6.85. The summed E-state index contributed by atoms with van der Waals surface area (Å²) in [6, 6.07) is 18.6. The molecule has 0 atom stereocenters. The summed E-state index contributed by atoms with van der Waals surface area (Å²) < 4.78 is 2.25. The first-order valence-electron chi connectivity index (χ1n) is 9.17. The van der Waals surface area contributed by atoms with Crippen LogP contribution in [0.25, 0.3) is 16.6 Å². The van der Waals surface area contributed by atoms with Crippen molar-refractivity contribution in [2.75, 3.05) is 19.6 Å². The van der Waals surface area contributed by atoms with E-state index >= 15 is 0 Å². The van der Waals surface area contributed by atoms with Gasteiger partial charge in [-0.05, 0) is 81.2 Å². The Labute approximate surface area is 149 Å². The largest absolute Gasteiger partial charge is 0.316 e. The molecule has 1 aliphatic heterocycles. The zero-order valence-electron chi connectivity index (χ0n) is 14.5. The van der Waals surface area contributed by atoms with E-state index in [1.807, 2.05) is 24.3 Å². The third kappa shape index (κ3) is 3.31. The highest BCUT2D eigenvalue weighted by molar-refractivity contribution is 5.85. The summed E-state index contributed by atoms with van der Waals surface area (Å²) >= 11 is 0. The molecule has 3 aromatic rings. The van der Waals surface area contributed by atoms with Crippen molar-refractivity contribution >= 4 is 10.9 Å². The van der Waals surface area contributed by atoms with Crippen molar-refractivity contribution in [3.63, 3.8) is 0 Å². The lowest BCUT2D eigenvalue weighted by molar-refractivity contribution is 0.334. The number of hydrogen-bond acceptors (Lipinski definition) is 2. The van der Waals surface area contributed by atoms with E-state index in [1.54, 1.807) is 0 Å². The van der Waals surface area contributed by atoms with Gasteiger partial charge in [-0.15, -0.1) is 0 Å². The van der Waals surface area contributed by atoms with Gasteiger partial charge in [0.2, 0.25) is 0 Å². The first kappa shape index (κ1) is 15.9. The SMILES string of the molecule is N#Cc1ccc(-n2cc(CCCN3CCCC3)c3ccccc32)cc1. The van der Waals surface area contributed by atoms with Crippen LogP contribution in [0, 0.1) is 11.3 Å². The molecule has 1 fully saturated rings. The molecule has 0 aliphatic carbocycles. The van der Waals surface area contributed by atoms with E-state index in [4.69, 9.17) is 5.26 Å². The lowest BCUT2D eigenvalue weighted by Gasteiger charge is -2.13. The molecule has 3 nitrogen and oxygen atoms in total. The summed E-state index contributed by atoms with van der Waals surface area (Å²) in [5.74, 6) is 0. The molecule has 1 aliphatic rings. The van der Waals surface area contributed by atoms with Crippen molar-refractivity contribution in [3.8, 4) is 11.8 Å². The van der Waals surface area contributed by atoms with E-state index < -0.39 is 0 Å². The van der Waals surface area contributed by atoms with Gasteiger partial charge in [0.25, 0.3) is 0 Å². The Kier molecular flexibility index (Phi) is 4.54. The first-order chi connectivity index (χ1) is 12.3. The minimum Gasteiger partial charge on any atom is -0.316 e. The number of hydrogen-bond donors (Lipinski definition) is 0. The number of nitrogens with zero attached hydrogens (tertiary/aromatic N) is 3. The van der Waals surface area contributed by atoms with Crippen molar-refractivity contribution in [3.05, 3.63) is 65.9 Å². The molecule has 0 saturated carbocycles. The number of fused-ring (bicyclic) bond motifs is 1. The second kappa shape index (κ2) is 7.13. The van der Waals surface area contributed by atoms with Crippen LogP contribution >= 0.6 is 0 Å². The van der Waals surface area contributed by atoms with Gasteiger partial charge in [-0.1, -0.05) is 18.2 Å². The summed E-state index contributed by atoms with van der Waals surface area (Å²) in [6.07, 6.45) is 7.31. The van der Waals surface area contributed by atoms with Crippen LogP contribution < -0.4 is 0 Å². The Morgan fingerprint density at radius 3 is 2.48 bits per heavy atom. The summed E-state index contributed by atoms with van der Waals surface area (Å²) in [5.41, 5.74) is 4.47. The van der Waals surface area contributed by atoms with E-state index in [9.17, 15) is 0 Å². The molecule has 0 spiro atoms. The molecule has 0 amide bonds. The molecular formula is C22H23N3. The van der Waals surface area contributed by atoms with Gasteiger partial charge in [-0.25, -0.2) is 0 Å². The third-order valence-electron chi connectivity index (χ3n) is 5.19. The van der Waals surface area contributed by atoms with Gasteiger partial charge >= 0.3 is 0 Å². The average molecular weight is 329 g/mol. The van der Waals surface area contributed by atoms with Gasteiger partial charge in [-0.3, -0.25) is 0 Å². The number of aryl methyl sites for hydroxylation is 1. The molecule has 2 aromatic carbocycles. The Morgan fingerprint density at radius 2 is 1.72 bits per heavy atom. The maximum atomic E-state index is 9.00. The fourth-order valence-electron chi connectivity index (χ4n) is 3.86. The zero-order chi connectivity index (χ0) is 17.1. The maximum absolute atomic E-state index is 9.00. The summed E-state index contributed by atoms with van der Waals surface area (Å²) in [7, 11) is 0. The Morgan fingerprint density at radius 1 is 0.960 bits per heavy atom. The third-order valence-corrected chi connectivity index (χ3v) is 5.19. The molecular weight excluding hydrogens is 306 g/mol. The molecule has 3 heteroatoms. The van der Waals surface area contributed by atoms with Gasteiger partial charge < -0.3 is 9.47 Å². The molecule has 0 bridgehead atoms. The standard InChI is InChI=1S/C22H23N3/c23-16-18-9-11-20(12-10-18)25-17-19(21-7-1-2-8-22(21)25)6-5-15-24-13-3-4-14-24/h1-2,7-12,17H,3-6,13-15H2. The average Bonchev–Trinajstić information content (AvgIpc) is 3.30. The Hall–Kier alpha value is -2.57. The molecule has 126 valence electrons. The Bertz CT molecular complexity index is 893. The van der Waals surface area contributed by atoms with Crippen LogP contribution in [0.2, 0.25) is 0 Å². The maximum Gasteiger partial charge on any atom is 0.0991 e. The smallest absolute Gasteiger partial charge is 0.0991 e. The van der Waals surface area contributed by atoms with Gasteiger partial charge in [0.15, 0.2) is 0 Å². The quantitative estimate of drug-likeness (QED) is 0.689. The minimum atomic E-state index is 0.700. The van der Waals surface area contributed by atoms with Crippen LogP contribution in [0.1, 0.15) is 30.4 Å². The van der Waals surface area contributed by atoms with E-state index in [-0.39, 0.29) is 0 Å². The zero-order valence-corrected chi connectivity index (χ0v) is 14.5. The highest BCUT2D eigenvalue weighted by atomic mass is 15.1. The van der Waals surface area contributed by atoms with Crippen LogP contribution in [0.4, 0.5) is 0 Å². The molecule has 1 aromatic heterocycles. The van der Waals surface area contributed by atoms with Gasteiger partial charge in [0, 0.05) is 17.3 Å². The van der Waals surface area contributed by atoms with Crippen LogP contribution in [-0.2, 0) is 6.42 Å². The number of likely N-dealkylation sites (tertiary alicyclic amines) is 1. The van der Waals surface area contributed by atoms with Gasteiger partial charge in [-0.2, -0.15) is 5.26 Å². The van der Waals surface area contributed by atoms with Crippen molar-refractivity contribution in [1.29, 1.82) is 5.26 Å². The number of para-hydroxylation sites is 1. The number of rotatable bonds is 5. The van der Waals surface area contributed by atoms with Crippen molar-refractivity contribution in [2.24, 2.45) is 0 Å². The van der Waals surface area contributed by atoms with Crippen LogP contribution in [0.5, 0.6) is 0 Å². The van der Waals surface area contributed by atoms with Crippen molar-refractivity contribution in [1.82, 2.24) is 9.47 Å². The lowest BCUT2D eigenvalue weighted by atomic mass is 10.1. The molecule has 25 heavy (non-hydrogen) atoms. The van der Waals surface area contributed by atoms with E-state index in [0.29, 0.717) is 5.56 Å². The molecule has 0 N–H and O–H groups in total. The molecule has 0 radical (unpaired) electrons. The van der Waals surface area contributed by atoms with Crippen molar-refractivity contribution < 1.29 is 0 Å². The molecule has 2 heterocycles. The lowest BCUT2D eigenvalue weighted by Crippen LogP contribution is -2.20. The molecule has 4 rings (SSSR count). The number of aromatic nitrogens is 1. The van der Waals surface area contributed by atoms with Crippen LogP contribution in [-0.4, -0.2) is 29.1 Å².